The molecule has 1 aromatic rings. The molecule has 1 aromatic carbocycles. The number of nitrogens with zero attached hydrogens (tertiary/aromatic N) is 1. The summed E-state index contributed by atoms with van der Waals surface area (Å²) in [6.45, 7) is 0. The molecule has 3 nitrogen and oxygen atoms in total. The van der Waals surface area contributed by atoms with Crippen LogP contribution in [0.3, 0.4) is 0 Å². The van der Waals surface area contributed by atoms with Crippen LogP contribution in [0.4, 0.5) is 0 Å². The Labute approximate surface area is 130 Å². The van der Waals surface area contributed by atoms with E-state index in [1.54, 1.807) is 24.3 Å². The zero-order valence-corrected chi connectivity index (χ0v) is 12.9. The second kappa shape index (κ2) is 5.47. The quantitative estimate of drug-likeness (QED) is 0.863. The molecule has 0 unspecified atom stereocenters. The molecule has 2 saturated heterocycles. The summed E-state index contributed by atoms with van der Waals surface area (Å²) >= 11 is 5.90. The first-order chi connectivity index (χ1) is 10.0. The number of benzene rings is 1. The number of fused-ring (bicyclic) bond motifs is 2. The molecule has 0 aliphatic carbocycles. The summed E-state index contributed by atoms with van der Waals surface area (Å²) in [5, 5.41) is 10.2. The number of aliphatic carboxylic acids is 1. The molecule has 3 rings (SSSR count). The van der Waals surface area contributed by atoms with Crippen LogP contribution in [0.2, 0.25) is 5.02 Å². The molecular formula is C17H20ClNO2. The van der Waals surface area contributed by atoms with Crippen LogP contribution in [0.25, 0.3) is 5.57 Å². The fourth-order valence-electron chi connectivity index (χ4n) is 3.85. The van der Waals surface area contributed by atoms with Crippen LogP contribution in [0.5, 0.6) is 0 Å². The van der Waals surface area contributed by atoms with Gasteiger partial charge >= 0.3 is 5.97 Å². The molecule has 2 atom stereocenters. The molecule has 2 aliphatic heterocycles. The summed E-state index contributed by atoms with van der Waals surface area (Å²) in [5.74, 6) is -0.867. The van der Waals surface area contributed by atoms with Crippen molar-refractivity contribution in [2.24, 2.45) is 0 Å². The zero-order valence-electron chi connectivity index (χ0n) is 12.2. The van der Waals surface area contributed by atoms with Crippen molar-refractivity contribution in [1.29, 1.82) is 0 Å². The molecular weight excluding hydrogens is 286 g/mol. The van der Waals surface area contributed by atoms with Gasteiger partial charge < -0.3 is 5.11 Å². The van der Waals surface area contributed by atoms with Crippen molar-refractivity contribution in [3.05, 3.63) is 40.9 Å². The lowest BCUT2D eigenvalue weighted by Gasteiger charge is -2.41. The lowest BCUT2D eigenvalue weighted by atomic mass is 9.85. The van der Waals surface area contributed by atoms with Gasteiger partial charge in [-0.15, -0.1) is 0 Å². The minimum absolute atomic E-state index is 0.0870. The summed E-state index contributed by atoms with van der Waals surface area (Å²) in [6, 6.07) is 7.67. The van der Waals surface area contributed by atoms with Gasteiger partial charge in [-0.05, 0) is 62.9 Å². The molecule has 2 fully saturated rings. The molecule has 2 bridgehead atoms. The Hall–Kier alpha value is -1.32. The van der Waals surface area contributed by atoms with E-state index >= 15 is 0 Å². The summed E-state index contributed by atoms with van der Waals surface area (Å²) in [7, 11) is 2.13. The standard InChI is InChI=1S/C17H20ClNO2/c1-19-14-3-2-9-17(19,10-8-14)11-15(16(20)21)12-4-6-13(18)7-5-12/h4-7,11,14H,2-3,8-10H2,1H3,(H,20,21)/b15-11+/t14-,17+/m1/s1. The van der Waals surface area contributed by atoms with Gasteiger partial charge in [0.05, 0.1) is 5.57 Å². The SMILES string of the molecule is CN1[C@@H]2CCC[C@@]1(/C=C(/C(=O)O)c1ccc(Cl)cc1)CC2. The van der Waals surface area contributed by atoms with Gasteiger partial charge in [-0.1, -0.05) is 23.7 Å². The number of hydrogen-bond donors (Lipinski definition) is 1. The predicted octanol–water partition coefficient (Wildman–Crippen LogP) is 3.82. The maximum Gasteiger partial charge on any atom is 0.336 e. The molecule has 112 valence electrons. The average molecular weight is 306 g/mol. The number of likely N-dealkylation sites (N-methyl/N-ethyl adjacent to an activating group) is 1. The highest BCUT2D eigenvalue weighted by atomic mass is 35.5. The first kappa shape index (κ1) is 14.6. The van der Waals surface area contributed by atoms with Crippen LogP contribution >= 0.6 is 11.6 Å². The first-order valence-electron chi connectivity index (χ1n) is 7.47. The fourth-order valence-corrected chi connectivity index (χ4v) is 3.97. The molecule has 2 heterocycles. The minimum atomic E-state index is -0.867. The molecule has 2 aliphatic rings. The fraction of sp³-hybridized carbons (Fsp3) is 0.471. The van der Waals surface area contributed by atoms with E-state index in [1.807, 2.05) is 6.08 Å². The third kappa shape index (κ3) is 2.60. The Morgan fingerprint density at radius 2 is 2.05 bits per heavy atom. The number of rotatable bonds is 3. The average Bonchev–Trinajstić information content (AvgIpc) is 2.64. The van der Waals surface area contributed by atoms with E-state index in [0.717, 1.165) is 18.4 Å². The molecule has 1 N–H and O–H groups in total. The van der Waals surface area contributed by atoms with Gasteiger partial charge in [0, 0.05) is 16.6 Å². The Bertz CT molecular complexity index is 577. The molecule has 0 amide bonds. The van der Waals surface area contributed by atoms with E-state index in [1.165, 1.54) is 19.3 Å². The van der Waals surface area contributed by atoms with Crippen molar-refractivity contribution in [2.75, 3.05) is 7.05 Å². The normalized spacial score (nSPS) is 29.6. The second-order valence-electron chi connectivity index (χ2n) is 6.17. The Kier molecular flexibility index (Phi) is 3.80. The molecule has 0 spiro atoms. The maximum absolute atomic E-state index is 11.7. The minimum Gasteiger partial charge on any atom is -0.478 e. The highest BCUT2D eigenvalue weighted by molar-refractivity contribution is 6.30. The highest BCUT2D eigenvalue weighted by Crippen LogP contribution is 2.45. The number of halogens is 1. The zero-order chi connectivity index (χ0) is 15.0. The molecule has 0 aromatic heterocycles. The summed E-state index contributed by atoms with van der Waals surface area (Å²) in [5.41, 5.74) is 1.03. The van der Waals surface area contributed by atoms with E-state index in [9.17, 15) is 9.90 Å². The highest BCUT2D eigenvalue weighted by Gasteiger charge is 2.45. The first-order valence-corrected chi connectivity index (χ1v) is 7.85. The van der Waals surface area contributed by atoms with Gasteiger partial charge in [0.15, 0.2) is 0 Å². The van der Waals surface area contributed by atoms with Crippen molar-refractivity contribution in [3.63, 3.8) is 0 Å². The molecule has 4 heteroatoms. The third-order valence-corrected chi connectivity index (χ3v) is 5.36. The van der Waals surface area contributed by atoms with Crippen LogP contribution in [-0.4, -0.2) is 34.6 Å². The maximum atomic E-state index is 11.7. The second-order valence-corrected chi connectivity index (χ2v) is 6.61. The van der Waals surface area contributed by atoms with Crippen molar-refractivity contribution >= 4 is 23.1 Å². The lowest BCUT2D eigenvalue weighted by molar-refractivity contribution is -0.130. The topological polar surface area (TPSA) is 40.5 Å². The van der Waals surface area contributed by atoms with E-state index in [-0.39, 0.29) is 5.54 Å². The van der Waals surface area contributed by atoms with Crippen LogP contribution in [0, 0.1) is 0 Å². The Morgan fingerprint density at radius 3 is 2.71 bits per heavy atom. The molecule has 21 heavy (non-hydrogen) atoms. The number of carboxylic acids is 1. The van der Waals surface area contributed by atoms with Crippen LogP contribution < -0.4 is 0 Å². The lowest BCUT2D eigenvalue weighted by Crippen LogP contribution is -2.46. The van der Waals surface area contributed by atoms with Gasteiger partial charge in [-0.3, -0.25) is 4.90 Å². The summed E-state index contributed by atoms with van der Waals surface area (Å²) in [4.78, 5) is 14.1. The number of piperidine rings is 1. The number of carbonyl (C=O) groups is 1. The number of hydrogen-bond acceptors (Lipinski definition) is 2. The van der Waals surface area contributed by atoms with Gasteiger partial charge in [0.25, 0.3) is 0 Å². The summed E-state index contributed by atoms with van der Waals surface area (Å²) in [6.07, 6.45) is 7.66. The molecule has 0 saturated carbocycles. The number of carboxylic acid groups (broad SMARTS) is 1. The van der Waals surface area contributed by atoms with Crippen LogP contribution in [-0.2, 0) is 4.79 Å². The van der Waals surface area contributed by atoms with Crippen molar-refractivity contribution in [2.45, 2.75) is 43.7 Å². The van der Waals surface area contributed by atoms with E-state index in [0.29, 0.717) is 16.6 Å². The summed E-state index contributed by atoms with van der Waals surface area (Å²) < 4.78 is 0. The van der Waals surface area contributed by atoms with Crippen molar-refractivity contribution < 1.29 is 9.90 Å². The monoisotopic (exact) mass is 305 g/mol. The van der Waals surface area contributed by atoms with E-state index in [4.69, 9.17) is 11.6 Å². The molecule has 0 radical (unpaired) electrons. The van der Waals surface area contributed by atoms with E-state index < -0.39 is 5.97 Å². The van der Waals surface area contributed by atoms with Crippen LogP contribution in [0.15, 0.2) is 30.3 Å². The largest absolute Gasteiger partial charge is 0.478 e. The van der Waals surface area contributed by atoms with Gasteiger partial charge in [-0.2, -0.15) is 0 Å². The van der Waals surface area contributed by atoms with Crippen LogP contribution in [0.1, 0.15) is 37.7 Å². The Balaban J connectivity index is 2.01. The van der Waals surface area contributed by atoms with Gasteiger partial charge in [0.2, 0.25) is 0 Å². The van der Waals surface area contributed by atoms with Gasteiger partial charge in [-0.25, -0.2) is 4.79 Å². The van der Waals surface area contributed by atoms with E-state index in [2.05, 4.69) is 11.9 Å². The Morgan fingerprint density at radius 1 is 1.33 bits per heavy atom. The smallest absolute Gasteiger partial charge is 0.336 e. The third-order valence-electron chi connectivity index (χ3n) is 5.11. The van der Waals surface area contributed by atoms with Gasteiger partial charge in [0.1, 0.15) is 0 Å². The predicted molar refractivity (Wildman–Crippen MR) is 84.4 cm³/mol. The van der Waals surface area contributed by atoms with Crippen molar-refractivity contribution in [1.82, 2.24) is 4.90 Å². The van der Waals surface area contributed by atoms with Crippen molar-refractivity contribution in [3.8, 4) is 0 Å².